The summed E-state index contributed by atoms with van der Waals surface area (Å²) in [6.45, 7) is 0.390. The maximum Gasteiger partial charge on any atom is 0.292 e. The molecule has 0 aliphatic rings. The molecule has 6 heteroatoms. The fourth-order valence-corrected chi connectivity index (χ4v) is 1.30. The first-order chi connectivity index (χ1) is 7.77. The Labute approximate surface area is 91.0 Å². The van der Waals surface area contributed by atoms with E-state index in [1.54, 1.807) is 24.3 Å². The molecule has 6 nitrogen and oxygen atoms in total. The summed E-state index contributed by atoms with van der Waals surface area (Å²) in [5.41, 5.74) is 1.21. The molecule has 2 rings (SSSR count). The van der Waals surface area contributed by atoms with Crippen molar-refractivity contribution in [3.63, 3.8) is 0 Å². The number of hydrogen-bond acceptors (Lipinski definition) is 5. The van der Waals surface area contributed by atoms with Crippen LogP contribution in [0.1, 0.15) is 5.69 Å². The van der Waals surface area contributed by atoms with Gasteiger partial charge in [0.05, 0.1) is 11.5 Å². The highest BCUT2D eigenvalue weighted by atomic mass is 16.6. The minimum Gasteiger partial charge on any atom is -0.374 e. The summed E-state index contributed by atoms with van der Waals surface area (Å²) in [5.74, 6) is 0. The van der Waals surface area contributed by atoms with Crippen molar-refractivity contribution in [2.45, 2.75) is 6.54 Å². The second kappa shape index (κ2) is 4.43. The van der Waals surface area contributed by atoms with Gasteiger partial charge in [0.25, 0.3) is 5.69 Å². The summed E-state index contributed by atoms with van der Waals surface area (Å²) < 4.78 is 4.66. The molecule has 0 bridgehead atoms. The Bertz CT molecular complexity index is 482. The van der Waals surface area contributed by atoms with Crippen LogP contribution in [0.25, 0.3) is 0 Å². The molecule has 1 aromatic heterocycles. The van der Waals surface area contributed by atoms with Gasteiger partial charge in [-0.3, -0.25) is 10.1 Å². The van der Waals surface area contributed by atoms with Gasteiger partial charge in [-0.25, -0.2) is 0 Å². The smallest absolute Gasteiger partial charge is 0.292 e. The molecule has 1 heterocycles. The standard InChI is InChI=1S/C10H9N3O3/c14-13(15)10-4-2-1-3-9(10)11-7-8-5-6-16-12-8/h1-6,11H,7H2. The number of para-hydroxylation sites is 2. The lowest BCUT2D eigenvalue weighted by molar-refractivity contribution is -0.384. The highest BCUT2D eigenvalue weighted by Gasteiger charge is 2.11. The van der Waals surface area contributed by atoms with E-state index in [2.05, 4.69) is 15.0 Å². The molecular formula is C10H9N3O3. The molecule has 0 saturated carbocycles. The molecular weight excluding hydrogens is 210 g/mol. The average molecular weight is 219 g/mol. The molecule has 0 saturated heterocycles. The van der Waals surface area contributed by atoms with Gasteiger partial charge in [0.1, 0.15) is 17.6 Å². The minimum atomic E-state index is -0.425. The minimum absolute atomic E-state index is 0.0472. The molecule has 0 radical (unpaired) electrons. The molecule has 0 aliphatic heterocycles. The van der Waals surface area contributed by atoms with Crippen LogP contribution >= 0.6 is 0 Å². The van der Waals surface area contributed by atoms with Gasteiger partial charge in [-0.05, 0) is 6.07 Å². The number of nitro benzene ring substituents is 1. The van der Waals surface area contributed by atoms with Crippen molar-refractivity contribution in [3.05, 3.63) is 52.4 Å². The molecule has 0 amide bonds. The van der Waals surface area contributed by atoms with Crippen molar-refractivity contribution < 1.29 is 9.45 Å². The van der Waals surface area contributed by atoms with Crippen molar-refractivity contribution in [2.75, 3.05) is 5.32 Å². The number of anilines is 1. The largest absolute Gasteiger partial charge is 0.374 e. The van der Waals surface area contributed by atoms with E-state index in [-0.39, 0.29) is 5.69 Å². The fourth-order valence-electron chi connectivity index (χ4n) is 1.30. The lowest BCUT2D eigenvalue weighted by Gasteiger charge is -2.04. The molecule has 0 unspecified atom stereocenters. The molecule has 1 N–H and O–H groups in total. The summed E-state index contributed by atoms with van der Waals surface area (Å²) in [6.07, 6.45) is 1.45. The lowest BCUT2D eigenvalue weighted by atomic mass is 10.2. The molecule has 1 aromatic carbocycles. The predicted octanol–water partition coefficient (Wildman–Crippen LogP) is 2.19. The van der Waals surface area contributed by atoms with Crippen molar-refractivity contribution in [1.29, 1.82) is 0 Å². The van der Waals surface area contributed by atoms with Gasteiger partial charge < -0.3 is 9.84 Å². The molecule has 16 heavy (non-hydrogen) atoms. The van der Waals surface area contributed by atoms with Crippen LogP contribution in [0.3, 0.4) is 0 Å². The zero-order valence-corrected chi connectivity index (χ0v) is 8.29. The molecule has 2 aromatic rings. The van der Waals surface area contributed by atoms with Gasteiger partial charge in [0.15, 0.2) is 0 Å². The number of rotatable bonds is 4. The highest BCUT2D eigenvalue weighted by Crippen LogP contribution is 2.23. The maximum absolute atomic E-state index is 10.7. The van der Waals surface area contributed by atoms with Gasteiger partial charge in [-0.15, -0.1) is 0 Å². The molecule has 0 atom stereocenters. The van der Waals surface area contributed by atoms with Crippen LogP contribution < -0.4 is 5.32 Å². The first-order valence-electron chi connectivity index (χ1n) is 4.64. The van der Waals surface area contributed by atoms with Gasteiger partial charge in [-0.2, -0.15) is 0 Å². The van der Waals surface area contributed by atoms with Crippen molar-refractivity contribution in [1.82, 2.24) is 5.16 Å². The number of nitrogens with zero attached hydrogens (tertiary/aromatic N) is 2. The van der Waals surface area contributed by atoms with E-state index < -0.39 is 4.92 Å². The molecule has 0 spiro atoms. The van der Waals surface area contributed by atoms with Crippen LogP contribution in [0, 0.1) is 10.1 Å². The number of nitro groups is 1. The van der Waals surface area contributed by atoms with Gasteiger partial charge in [-0.1, -0.05) is 17.3 Å². The Morgan fingerprint density at radius 3 is 2.88 bits per heavy atom. The number of nitrogens with one attached hydrogen (secondary N) is 1. The first-order valence-corrected chi connectivity index (χ1v) is 4.64. The zero-order valence-electron chi connectivity index (χ0n) is 8.29. The van der Waals surface area contributed by atoms with Crippen LogP contribution in [0.2, 0.25) is 0 Å². The van der Waals surface area contributed by atoms with E-state index in [4.69, 9.17) is 0 Å². The number of hydrogen-bond donors (Lipinski definition) is 1. The van der Waals surface area contributed by atoms with E-state index in [9.17, 15) is 10.1 Å². The highest BCUT2D eigenvalue weighted by molar-refractivity contribution is 5.61. The van der Waals surface area contributed by atoms with E-state index in [0.717, 1.165) is 0 Å². The Kier molecular flexibility index (Phi) is 2.81. The van der Waals surface area contributed by atoms with Crippen molar-refractivity contribution in [2.24, 2.45) is 0 Å². The summed E-state index contributed by atoms with van der Waals surface area (Å²) in [4.78, 5) is 10.3. The third kappa shape index (κ3) is 2.17. The lowest BCUT2D eigenvalue weighted by Crippen LogP contribution is -2.02. The van der Waals surface area contributed by atoms with Crippen molar-refractivity contribution >= 4 is 11.4 Å². The van der Waals surface area contributed by atoms with E-state index in [1.807, 2.05) is 0 Å². The second-order valence-electron chi connectivity index (χ2n) is 3.12. The number of benzene rings is 1. The van der Waals surface area contributed by atoms with Gasteiger partial charge >= 0.3 is 0 Å². The van der Waals surface area contributed by atoms with Crippen molar-refractivity contribution in [3.8, 4) is 0 Å². The van der Waals surface area contributed by atoms with Gasteiger partial charge in [0, 0.05) is 12.1 Å². The SMILES string of the molecule is O=[N+]([O-])c1ccccc1NCc1ccon1. The predicted molar refractivity (Wildman–Crippen MR) is 56.9 cm³/mol. The summed E-state index contributed by atoms with van der Waals surface area (Å²) >= 11 is 0. The molecule has 82 valence electrons. The van der Waals surface area contributed by atoms with Gasteiger partial charge in [0.2, 0.25) is 0 Å². The maximum atomic E-state index is 10.7. The van der Waals surface area contributed by atoms with Crippen LogP contribution in [0.5, 0.6) is 0 Å². The van der Waals surface area contributed by atoms with Crippen LogP contribution in [-0.4, -0.2) is 10.1 Å². The van der Waals surface area contributed by atoms with Crippen LogP contribution in [0.15, 0.2) is 41.1 Å². The first kappa shape index (κ1) is 10.2. The van der Waals surface area contributed by atoms with Crippen LogP contribution in [-0.2, 0) is 6.54 Å². The summed E-state index contributed by atoms with van der Waals surface area (Å²) in [6, 6.07) is 8.16. The third-order valence-corrected chi connectivity index (χ3v) is 2.05. The van der Waals surface area contributed by atoms with E-state index in [0.29, 0.717) is 17.9 Å². The summed E-state index contributed by atoms with van der Waals surface area (Å²) in [5, 5.41) is 17.3. The average Bonchev–Trinajstić information content (AvgIpc) is 2.79. The third-order valence-electron chi connectivity index (χ3n) is 2.05. The van der Waals surface area contributed by atoms with Crippen LogP contribution in [0.4, 0.5) is 11.4 Å². The molecule has 0 fully saturated rings. The molecule has 0 aliphatic carbocycles. The summed E-state index contributed by atoms with van der Waals surface area (Å²) in [7, 11) is 0. The Morgan fingerprint density at radius 2 is 2.19 bits per heavy atom. The van der Waals surface area contributed by atoms with E-state index >= 15 is 0 Å². The Hall–Kier alpha value is -2.37. The Balaban J connectivity index is 2.12. The monoisotopic (exact) mass is 219 g/mol. The number of aromatic nitrogens is 1. The Morgan fingerprint density at radius 1 is 1.38 bits per heavy atom. The fraction of sp³-hybridized carbons (Fsp3) is 0.100. The quantitative estimate of drug-likeness (QED) is 0.629. The second-order valence-corrected chi connectivity index (χ2v) is 3.12. The normalized spacial score (nSPS) is 10.0. The zero-order chi connectivity index (χ0) is 11.4. The van der Waals surface area contributed by atoms with E-state index in [1.165, 1.54) is 12.3 Å². The topological polar surface area (TPSA) is 81.2 Å².